The highest BCUT2D eigenvalue weighted by Crippen LogP contribution is 2.43. The highest BCUT2D eigenvalue weighted by atomic mass is 19.4. The van der Waals surface area contributed by atoms with Crippen molar-refractivity contribution in [2.75, 3.05) is 7.05 Å². The maximum Gasteiger partial charge on any atom is 0.419 e. The lowest BCUT2D eigenvalue weighted by Crippen LogP contribution is -2.25. The van der Waals surface area contributed by atoms with Crippen molar-refractivity contribution in [2.45, 2.75) is 32.0 Å². The molecular formula is C14H17F4N. The molecule has 0 bridgehead atoms. The first-order valence-corrected chi connectivity index (χ1v) is 6.38. The Balaban J connectivity index is 2.27. The molecule has 1 aliphatic carbocycles. The van der Waals surface area contributed by atoms with Crippen LogP contribution in [0.25, 0.3) is 0 Å². The van der Waals surface area contributed by atoms with Crippen LogP contribution in [0.3, 0.4) is 0 Å². The summed E-state index contributed by atoms with van der Waals surface area (Å²) < 4.78 is 51.1. The average molecular weight is 275 g/mol. The number of rotatable bonds is 4. The van der Waals surface area contributed by atoms with E-state index in [4.69, 9.17) is 0 Å². The van der Waals surface area contributed by atoms with Crippen molar-refractivity contribution in [1.29, 1.82) is 0 Å². The smallest absolute Gasteiger partial charge is 0.313 e. The molecule has 0 aromatic heterocycles. The molecule has 0 amide bonds. The van der Waals surface area contributed by atoms with E-state index < -0.39 is 17.6 Å². The van der Waals surface area contributed by atoms with Crippen LogP contribution in [0.5, 0.6) is 0 Å². The Morgan fingerprint density at radius 1 is 1.26 bits per heavy atom. The van der Waals surface area contributed by atoms with Gasteiger partial charge in [0.15, 0.2) is 0 Å². The Kier molecular flexibility index (Phi) is 3.85. The Labute approximate surface area is 110 Å². The van der Waals surface area contributed by atoms with Gasteiger partial charge >= 0.3 is 6.18 Å². The molecule has 0 radical (unpaired) electrons. The van der Waals surface area contributed by atoms with Crippen molar-refractivity contribution >= 4 is 0 Å². The third-order valence-electron chi connectivity index (χ3n) is 3.86. The molecule has 1 aliphatic rings. The highest BCUT2D eigenvalue weighted by molar-refractivity contribution is 5.29. The average Bonchev–Trinajstić information content (AvgIpc) is 3.11. The van der Waals surface area contributed by atoms with Gasteiger partial charge in [-0.15, -0.1) is 0 Å². The van der Waals surface area contributed by atoms with Crippen molar-refractivity contribution in [3.63, 3.8) is 0 Å². The Hall–Kier alpha value is -1.10. The zero-order valence-electron chi connectivity index (χ0n) is 10.9. The van der Waals surface area contributed by atoms with Gasteiger partial charge in [-0.1, -0.05) is 13.0 Å². The van der Waals surface area contributed by atoms with Gasteiger partial charge in [0, 0.05) is 6.04 Å². The van der Waals surface area contributed by atoms with E-state index in [2.05, 4.69) is 12.2 Å². The Bertz CT molecular complexity index is 451. The molecule has 1 saturated carbocycles. The van der Waals surface area contributed by atoms with Crippen LogP contribution in [0.2, 0.25) is 0 Å². The summed E-state index contributed by atoms with van der Waals surface area (Å²) in [5.41, 5.74) is -0.627. The molecule has 2 atom stereocenters. The van der Waals surface area contributed by atoms with Gasteiger partial charge in [-0.2, -0.15) is 13.2 Å². The Morgan fingerprint density at radius 2 is 1.89 bits per heavy atom. The van der Waals surface area contributed by atoms with Crippen LogP contribution in [0.4, 0.5) is 17.6 Å². The van der Waals surface area contributed by atoms with E-state index in [1.807, 2.05) is 0 Å². The van der Waals surface area contributed by atoms with Crippen molar-refractivity contribution in [1.82, 2.24) is 5.32 Å². The van der Waals surface area contributed by atoms with E-state index in [-0.39, 0.29) is 6.04 Å². The molecule has 5 heteroatoms. The molecule has 1 aromatic rings. The van der Waals surface area contributed by atoms with Gasteiger partial charge < -0.3 is 5.32 Å². The van der Waals surface area contributed by atoms with Gasteiger partial charge in [0.2, 0.25) is 0 Å². The molecule has 106 valence electrons. The molecule has 1 aromatic carbocycles. The molecule has 2 rings (SSSR count). The summed E-state index contributed by atoms with van der Waals surface area (Å²) in [6.07, 6.45) is -2.36. The zero-order valence-corrected chi connectivity index (χ0v) is 10.9. The van der Waals surface area contributed by atoms with Gasteiger partial charge in [0.25, 0.3) is 0 Å². The van der Waals surface area contributed by atoms with Crippen LogP contribution in [-0.2, 0) is 6.18 Å². The minimum Gasteiger partial charge on any atom is -0.313 e. The number of hydrogen-bond acceptors (Lipinski definition) is 1. The SMILES string of the molecule is CNC(c1ccc(C(F)(F)F)c(F)c1)C(C)C1CC1. The molecule has 0 aliphatic heterocycles. The van der Waals surface area contributed by atoms with E-state index in [9.17, 15) is 17.6 Å². The lowest BCUT2D eigenvalue weighted by Gasteiger charge is -2.24. The molecule has 19 heavy (non-hydrogen) atoms. The number of hydrogen-bond donors (Lipinski definition) is 1. The number of benzene rings is 1. The standard InChI is InChI=1S/C14H17F4N/c1-8(9-3-4-9)13(19-2)10-5-6-11(12(15)7-10)14(16,17)18/h5-9,13,19H,3-4H2,1-2H3. The summed E-state index contributed by atoms with van der Waals surface area (Å²) in [5.74, 6) is -0.322. The normalized spacial score (nSPS) is 19.3. The monoisotopic (exact) mass is 275 g/mol. The predicted octanol–water partition coefficient (Wildman–Crippen LogP) is 4.15. The van der Waals surface area contributed by atoms with Crippen molar-refractivity contribution in [3.05, 3.63) is 35.1 Å². The highest BCUT2D eigenvalue weighted by Gasteiger charge is 2.36. The third kappa shape index (κ3) is 3.08. The summed E-state index contributed by atoms with van der Waals surface area (Å²) in [6.45, 7) is 2.05. The van der Waals surface area contributed by atoms with Crippen molar-refractivity contribution < 1.29 is 17.6 Å². The van der Waals surface area contributed by atoms with Crippen LogP contribution in [0.1, 0.15) is 36.9 Å². The van der Waals surface area contributed by atoms with E-state index in [1.165, 1.54) is 6.07 Å². The summed E-state index contributed by atoms with van der Waals surface area (Å²) >= 11 is 0. The lowest BCUT2D eigenvalue weighted by molar-refractivity contribution is -0.140. The molecule has 1 fully saturated rings. The van der Waals surface area contributed by atoms with Gasteiger partial charge in [0.1, 0.15) is 5.82 Å². The van der Waals surface area contributed by atoms with E-state index in [0.717, 1.165) is 25.0 Å². The molecule has 0 heterocycles. The summed E-state index contributed by atoms with van der Waals surface area (Å²) in [4.78, 5) is 0. The summed E-state index contributed by atoms with van der Waals surface area (Å²) in [6, 6.07) is 3.09. The van der Waals surface area contributed by atoms with Gasteiger partial charge in [-0.3, -0.25) is 0 Å². The number of halogens is 4. The molecule has 0 spiro atoms. The van der Waals surface area contributed by atoms with Crippen LogP contribution in [0.15, 0.2) is 18.2 Å². The zero-order chi connectivity index (χ0) is 14.2. The van der Waals surface area contributed by atoms with Crippen molar-refractivity contribution in [2.24, 2.45) is 11.8 Å². The third-order valence-corrected chi connectivity index (χ3v) is 3.86. The fourth-order valence-electron chi connectivity index (χ4n) is 2.58. The molecule has 1 nitrogen and oxygen atoms in total. The lowest BCUT2D eigenvalue weighted by atomic mass is 9.90. The second-order valence-corrected chi connectivity index (χ2v) is 5.20. The van der Waals surface area contributed by atoms with E-state index in [1.54, 1.807) is 7.05 Å². The largest absolute Gasteiger partial charge is 0.419 e. The topological polar surface area (TPSA) is 12.0 Å². The second kappa shape index (κ2) is 5.12. The molecule has 0 saturated heterocycles. The van der Waals surface area contributed by atoms with E-state index >= 15 is 0 Å². The van der Waals surface area contributed by atoms with Crippen molar-refractivity contribution in [3.8, 4) is 0 Å². The van der Waals surface area contributed by atoms with Crippen LogP contribution >= 0.6 is 0 Å². The fraction of sp³-hybridized carbons (Fsp3) is 0.571. The maximum atomic E-state index is 13.6. The van der Waals surface area contributed by atoms with E-state index in [0.29, 0.717) is 17.4 Å². The minimum atomic E-state index is -4.64. The first-order chi connectivity index (χ1) is 8.84. The number of nitrogens with one attached hydrogen (secondary N) is 1. The van der Waals surface area contributed by atoms with Gasteiger partial charge in [-0.25, -0.2) is 4.39 Å². The maximum absolute atomic E-state index is 13.6. The Morgan fingerprint density at radius 3 is 2.32 bits per heavy atom. The van der Waals surface area contributed by atoms with Crippen LogP contribution in [-0.4, -0.2) is 7.05 Å². The first kappa shape index (κ1) is 14.3. The first-order valence-electron chi connectivity index (χ1n) is 6.38. The summed E-state index contributed by atoms with van der Waals surface area (Å²) in [5, 5.41) is 3.08. The minimum absolute atomic E-state index is 0.107. The molecule has 1 N–H and O–H groups in total. The van der Waals surface area contributed by atoms with Crippen LogP contribution < -0.4 is 5.32 Å². The van der Waals surface area contributed by atoms with Gasteiger partial charge in [-0.05, 0) is 49.4 Å². The second-order valence-electron chi connectivity index (χ2n) is 5.20. The molecule has 2 unspecified atom stereocenters. The predicted molar refractivity (Wildman–Crippen MR) is 65.1 cm³/mol. The summed E-state index contributed by atoms with van der Waals surface area (Å²) in [7, 11) is 1.75. The van der Waals surface area contributed by atoms with Gasteiger partial charge in [0.05, 0.1) is 5.56 Å². The molecular weight excluding hydrogens is 258 g/mol. The van der Waals surface area contributed by atoms with Crippen LogP contribution in [0, 0.1) is 17.7 Å². The fourth-order valence-corrected chi connectivity index (χ4v) is 2.58. The quantitative estimate of drug-likeness (QED) is 0.814. The number of alkyl halides is 3.